The van der Waals surface area contributed by atoms with Crippen LogP contribution >= 0.6 is 11.3 Å². The molecule has 0 spiro atoms. The number of sulfonamides is 1. The van der Waals surface area contributed by atoms with E-state index in [4.69, 9.17) is 10.8 Å². The number of aromatic nitrogens is 1. The fourth-order valence-corrected chi connectivity index (χ4v) is 3.29. The monoisotopic (exact) mass is 299 g/mol. The summed E-state index contributed by atoms with van der Waals surface area (Å²) in [5, 5.41) is 8.81. The smallest absolute Gasteiger partial charge is 0.357 e. The molecule has 0 aliphatic heterocycles. The summed E-state index contributed by atoms with van der Waals surface area (Å²) in [6, 6.07) is 5.55. The predicted octanol–water partition coefficient (Wildman–Crippen LogP) is 1.22. The Hall–Kier alpha value is -2.13. The first-order valence-electron chi connectivity index (χ1n) is 4.95. The van der Waals surface area contributed by atoms with E-state index < -0.39 is 16.0 Å². The van der Waals surface area contributed by atoms with Gasteiger partial charge in [0, 0.05) is 5.69 Å². The number of anilines is 2. The SMILES string of the molecule is Nc1ccc(S(=O)(=O)Nc2scnc2C(=O)O)cc1. The van der Waals surface area contributed by atoms with E-state index in [0.717, 1.165) is 11.3 Å². The van der Waals surface area contributed by atoms with Gasteiger partial charge in [0.05, 0.1) is 10.4 Å². The number of benzene rings is 1. The van der Waals surface area contributed by atoms with Gasteiger partial charge in [0.2, 0.25) is 0 Å². The van der Waals surface area contributed by atoms with Gasteiger partial charge in [-0.2, -0.15) is 0 Å². The maximum absolute atomic E-state index is 12.0. The Morgan fingerprint density at radius 2 is 1.95 bits per heavy atom. The molecule has 0 atom stereocenters. The van der Waals surface area contributed by atoms with Gasteiger partial charge in [0.15, 0.2) is 5.69 Å². The Balaban J connectivity index is 2.34. The molecule has 0 fully saturated rings. The van der Waals surface area contributed by atoms with Crippen molar-refractivity contribution < 1.29 is 18.3 Å². The van der Waals surface area contributed by atoms with Gasteiger partial charge >= 0.3 is 5.97 Å². The van der Waals surface area contributed by atoms with Crippen molar-refractivity contribution in [1.82, 2.24) is 4.98 Å². The van der Waals surface area contributed by atoms with Crippen LogP contribution in [0.15, 0.2) is 34.7 Å². The van der Waals surface area contributed by atoms with E-state index in [0.29, 0.717) is 5.69 Å². The second-order valence-electron chi connectivity index (χ2n) is 3.51. The molecule has 4 N–H and O–H groups in total. The third kappa shape index (κ3) is 2.83. The predicted molar refractivity (Wildman–Crippen MR) is 70.7 cm³/mol. The summed E-state index contributed by atoms with van der Waals surface area (Å²) >= 11 is 0.896. The van der Waals surface area contributed by atoms with Crippen molar-refractivity contribution in [3.8, 4) is 0 Å². The first kappa shape index (κ1) is 13.3. The number of hydrogen-bond acceptors (Lipinski definition) is 6. The molecule has 0 saturated carbocycles. The molecule has 100 valence electrons. The van der Waals surface area contributed by atoms with Crippen LogP contribution in [-0.2, 0) is 10.0 Å². The van der Waals surface area contributed by atoms with E-state index in [1.165, 1.54) is 29.8 Å². The number of nitrogens with one attached hydrogen (secondary N) is 1. The van der Waals surface area contributed by atoms with E-state index in [1.807, 2.05) is 0 Å². The minimum atomic E-state index is -3.85. The third-order valence-electron chi connectivity index (χ3n) is 2.19. The minimum Gasteiger partial charge on any atom is -0.476 e. The quantitative estimate of drug-likeness (QED) is 0.730. The fourth-order valence-electron chi connectivity index (χ4n) is 1.30. The Kier molecular flexibility index (Phi) is 3.40. The molecule has 1 aromatic carbocycles. The van der Waals surface area contributed by atoms with Crippen LogP contribution in [0.3, 0.4) is 0 Å². The Morgan fingerprint density at radius 3 is 2.53 bits per heavy atom. The molecule has 9 heteroatoms. The second kappa shape index (κ2) is 4.86. The lowest BCUT2D eigenvalue weighted by Gasteiger charge is -2.06. The molecule has 2 aromatic rings. The van der Waals surface area contributed by atoms with Gasteiger partial charge in [-0.15, -0.1) is 11.3 Å². The summed E-state index contributed by atoms with van der Waals surface area (Å²) < 4.78 is 26.2. The zero-order valence-electron chi connectivity index (χ0n) is 9.40. The number of nitrogens with two attached hydrogens (primary N) is 1. The van der Waals surface area contributed by atoms with E-state index in [9.17, 15) is 13.2 Å². The van der Waals surface area contributed by atoms with Crippen LogP contribution in [0.25, 0.3) is 0 Å². The largest absolute Gasteiger partial charge is 0.476 e. The molecule has 0 aliphatic carbocycles. The van der Waals surface area contributed by atoms with Crippen molar-refractivity contribution in [3.63, 3.8) is 0 Å². The molecule has 19 heavy (non-hydrogen) atoms. The summed E-state index contributed by atoms with van der Waals surface area (Å²) in [4.78, 5) is 14.4. The van der Waals surface area contributed by atoms with Crippen molar-refractivity contribution in [3.05, 3.63) is 35.5 Å². The molecule has 0 saturated heterocycles. The molecular weight excluding hydrogens is 290 g/mol. The van der Waals surface area contributed by atoms with Gasteiger partial charge in [-0.05, 0) is 24.3 Å². The fraction of sp³-hybridized carbons (Fsp3) is 0. The van der Waals surface area contributed by atoms with Gasteiger partial charge < -0.3 is 10.8 Å². The molecule has 0 amide bonds. The van der Waals surface area contributed by atoms with Gasteiger partial charge in [0.25, 0.3) is 10.0 Å². The first-order valence-corrected chi connectivity index (χ1v) is 7.31. The average molecular weight is 299 g/mol. The third-order valence-corrected chi connectivity index (χ3v) is 4.42. The molecule has 0 unspecified atom stereocenters. The summed E-state index contributed by atoms with van der Waals surface area (Å²) in [5.41, 5.74) is 6.83. The maximum Gasteiger partial charge on any atom is 0.357 e. The van der Waals surface area contributed by atoms with E-state index in [-0.39, 0.29) is 15.6 Å². The van der Waals surface area contributed by atoms with Gasteiger partial charge in [-0.3, -0.25) is 4.72 Å². The molecule has 1 heterocycles. The van der Waals surface area contributed by atoms with Gasteiger partial charge in [-0.1, -0.05) is 0 Å². The highest BCUT2D eigenvalue weighted by Crippen LogP contribution is 2.24. The summed E-state index contributed by atoms with van der Waals surface area (Å²) in [6.07, 6.45) is 0. The Morgan fingerprint density at radius 1 is 1.32 bits per heavy atom. The number of hydrogen-bond donors (Lipinski definition) is 3. The van der Waals surface area contributed by atoms with Crippen molar-refractivity contribution in [2.24, 2.45) is 0 Å². The van der Waals surface area contributed by atoms with Crippen LogP contribution in [0.2, 0.25) is 0 Å². The minimum absolute atomic E-state index is 0.00793. The number of nitrogens with zero attached hydrogens (tertiary/aromatic N) is 1. The second-order valence-corrected chi connectivity index (χ2v) is 6.05. The van der Waals surface area contributed by atoms with E-state index in [2.05, 4.69) is 9.71 Å². The lowest BCUT2D eigenvalue weighted by Crippen LogP contribution is -2.14. The highest BCUT2D eigenvalue weighted by Gasteiger charge is 2.20. The number of carbonyl (C=O) groups is 1. The lowest BCUT2D eigenvalue weighted by atomic mass is 10.3. The van der Waals surface area contributed by atoms with Gasteiger partial charge in [-0.25, -0.2) is 18.2 Å². The number of aromatic carboxylic acids is 1. The van der Waals surface area contributed by atoms with Crippen LogP contribution in [0, 0.1) is 0 Å². The maximum atomic E-state index is 12.0. The molecule has 7 nitrogen and oxygen atoms in total. The molecule has 0 bridgehead atoms. The zero-order valence-corrected chi connectivity index (χ0v) is 11.0. The Bertz CT molecular complexity index is 707. The van der Waals surface area contributed by atoms with Crippen molar-refractivity contribution in [2.75, 3.05) is 10.5 Å². The lowest BCUT2D eigenvalue weighted by molar-refractivity contribution is 0.0692. The molecule has 1 aromatic heterocycles. The number of thiazole rings is 1. The summed E-state index contributed by atoms with van der Waals surface area (Å²) in [5.74, 6) is -1.30. The number of rotatable bonds is 4. The topological polar surface area (TPSA) is 122 Å². The van der Waals surface area contributed by atoms with Gasteiger partial charge in [0.1, 0.15) is 5.00 Å². The number of nitrogen functional groups attached to an aromatic ring is 1. The Labute approximate surface area is 112 Å². The van der Waals surface area contributed by atoms with Crippen LogP contribution < -0.4 is 10.5 Å². The van der Waals surface area contributed by atoms with Crippen LogP contribution in [-0.4, -0.2) is 24.5 Å². The summed E-state index contributed by atoms with van der Waals surface area (Å²) in [7, 11) is -3.85. The van der Waals surface area contributed by atoms with Crippen molar-refractivity contribution in [1.29, 1.82) is 0 Å². The van der Waals surface area contributed by atoms with E-state index in [1.54, 1.807) is 0 Å². The molecule has 2 rings (SSSR count). The normalized spacial score (nSPS) is 11.2. The highest BCUT2D eigenvalue weighted by molar-refractivity contribution is 7.93. The van der Waals surface area contributed by atoms with Crippen LogP contribution in [0.1, 0.15) is 10.5 Å². The standard InChI is InChI=1S/C10H9N3O4S2/c11-6-1-3-7(4-2-6)19(16,17)13-9-8(10(14)15)12-5-18-9/h1-5,13H,11H2,(H,14,15). The number of carboxylic acids is 1. The number of carboxylic acid groups (broad SMARTS) is 1. The molecule has 0 aliphatic rings. The van der Waals surface area contributed by atoms with Crippen LogP contribution in [0.4, 0.5) is 10.7 Å². The molecule has 0 radical (unpaired) electrons. The van der Waals surface area contributed by atoms with E-state index >= 15 is 0 Å². The van der Waals surface area contributed by atoms with Crippen molar-refractivity contribution in [2.45, 2.75) is 4.90 Å². The van der Waals surface area contributed by atoms with Crippen LogP contribution in [0.5, 0.6) is 0 Å². The van der Waals surface area contributed by atoms with Crippen molar-refractivity contribution >= 4 is 38.0 Å². The zero-order chi connectivity index (χ0) is 14.0. The molecular formula is C10H9N3O4S2. The average Bonchev–Trinajstić information content (AvgIpc) is 2.77. The summed E-state index contributed by atoms with van der Waals surface area (Å²) in [6.45, 7) is 0. The highest BCUT2D eigenvalue weighted by atomic mass is 32.2. The first-order chi connectivity index (χ1) is 8.90.